The lowest BCUT2D eigenvalue weighted by atomic mass is 9.97. The predicted octanol–water partition coefficient (Wildman–Crippen LogP) is 0.256. The van der Waals surface area contributed by atoms with Crippen LogP contribution in [-0.2, 0) is 0 Å². The summed E-state index contributed by atoms with van der Waals surface area (Å²) in [6.45, 7) is 5.14. The molecule has 0 spiro atoms. The van der Waals surface area contributed by atoms with E-state index in [1.807, 2.05) is 0 Å². The first kappa shape index (κ1) is 9.96. The van der Waals surface area contributed by atoms with Crippen molar-refractivity contribution in [3.8, 4) is 0 Å². The molecule has 1 aliphatic heterocycles. The molecule has 2 N–H and O–H groups in total. The van der Waals surface area contributed by atoms with Crippen molar-refractivity contribution >= 4 is 0 Å². The molecule has 12 heavy (non-hydrogen) atoms. The molecular formula is C9H20N2O. The fourth-order valence-corrected chi connectivity index (χ4v) is 1.60. The molecule has 3 nitrogen and oxygen atoms in total. The maximum atomic E-state index is 9.01. The van der Waals surface area contributed by atoms with E-state index in [4.69, 9.17) is 5.11 Å². The summed E-state index contributed by atoms with van der Waals surface area (Å²) in [6.07, 6.45) is 2.16. The molecule has 0 amide bonds. The highest BCUT2D eigenvalue weighted by Gasteiger charge is 2.16. The van der Waals surface area contributed by atoms with Crippen LogP contribution in [-0.4, -0.2) is 42.9 Å². The van der Waals surface area contributed by atoms with Crippen molar-refractivity contribution in [2.24, 2.45) is 5.92 Å². The second-order valence-electron chi connectivity index (χ2n) is 3.83. The number of piperidine rings is 1. The van der Waals surface area contributed by atoms with Crippen molar-refractivity contribution in [1.29, 1.82) is 0 Å². The van der Waals surface area contributed by atoms with Crippen molar-refractivity contribution < 1.29 is 5.11 Å². The molecule has 1 heterocycles. The van der Waals surface area contributed by atoms with Crippen LogP contribution in [0.25, 0.3) is 0 Å². The molecule has 1 aliphatic rings. The van der Waals surface area contributed by atoms with Crippen molar-refractivity contribution in [3.05, 3.63) is 0 Å². The average molecular weight is 172 g/mol. The Labute approximate surface area is 74.8 Å². The summed E-state index contributed by atoms with van der Waals surface area (Å²) >= 11 is 0. The molecule has 0 saturated carbocycles. The van der Waals surface area contributed by atoms with E-state index in [1.54, 1.807) is 6.92 Å². The van der Waals surface area contributed by atoms with E-state index in [-0.39, 0.29) is 6.23 Å². The van der Waals surface area contributed by atoms with Gasteiger partial charge in [-0.15, -0.1) is 0 Å². The SMILES string of the molecule is CC(O)NCC1CCN(C)CC1. The summed E-state index contributed by atoms with van der Waals surface area (Å²) < 4.78 is 0. The summed E-state index contributed by atoms with van der Waals surface area (Å²) in [5.41, 5.74) is 0. The third-order valence-electron chi connectivity index (χ3n) is 2.54. The van der Waals surface area contributed by atoms with Gasteiger partial charge in [-0.1, -0.05) is 0 Å². The maximum Gasteiger partial charge on any atom is 0.102 e. The van der Waals surface area contributed by atoms with Gasteiger partial charge in [0.2, 0.25) is 0 Å². The zero-order chi connectivity index (χ0) is 8.97. The lowest BCUT2D eigenvalue weighted by Gasteiger charge is -2.29. The first-order valence-electron chi connectivity index (χ1n) is 4.78. The van der Waals surface area contributed by atoms with Crippen molar-refractivity contribution in [2.75, 3.05) is 26.7 Å². The van der Waals surface area contributed by atoms with E-state index in [9.17, 15) is 0 Å². The molecule has 0 aromatic carbocycles. The summed E-state index contributed by atoms with van der Waals surface area (Å²) in [4.78, 5) is 2.36. The van der Waals surface area contributed by atoms with E-state index in [0.29, 0.717) is 0 Å². The van der Waals surface area contributed by atoms with Crippen molar-refractivity contribution in [2.45, 2.75) is 26.0 Å². The van der Waals surface area contributed by atoms with E-state index in [1.165, 1.54) is 25.9 Å². The van der Waals surface area contributed by atoms with Crippen LogP contribution in [0.4, 0.5) is 0 Å². The fraction of sp³-hybridized carbons (Fsp3) is 1.00. The largest absolute Gasteiger partial charge is 0.379 e. The number of hydrogen-bond donors (Lipinski definition) is 2. The van der Waals surface area contributed by atoms with Gasteiger partial charge in [0.1, 0.15) is 6.23 Å². The fourth-order valence-electron chi connectivity index (χ4n) is 1.60. The number of likely N-dealkylation sites (tertiary alicyclic amines) is 1. The second-order valence-corrected chi connectivity index (χ2v) is 3.83. The zero-order valence-corrected chi connectivity index (χ0v) is 8.08. The highest BCUT2D eigenvalue weighted by atomic mass is 16.3. The normalized spacial score (nSPS) is 24.2. The molecule has 1 atom stereocenters. The molecule has 0 bridgehead atoms. The van der Waals surface area contributed by atoms with Gasteiger partial charge in [0.05, 0.1) is 0 Å². The Bertz CT molecular complexity index is 120. The van der Waals surface area contributed by atoms with Crippen LogP contribution in [0.15, 0.2) is 0 Å². The monoisotopic (exact) mass is 172 g/mol. The van der Waals surface area contributed by atoms with Gasteiger partial charge in [-0.25, -0.2) is 0 Å². The number of aliphatic hydroxyl groups excluding tert-OH is 1. The standard InChI is InChI=1S/C9H20N2O/c1-8(12)10-7-9-3-5-11(2)6-4-9/h8-10,12H,3-7H2,1-2H3. The Balaban J connectivity index is 2.09. The molecule has 0 aliphatic carbocycles. The molecule has 1 fully saturated rings. The average Bonchev–Trinajstić information content (AvgIpc) is 2.03. The highest BCUT2D eigenvalue weighted by Crippen LogP contribution is 2.14. The van der Waals surface area contributed by atoms with Gasteiger partial charge in [-0.3, -0.25) is 5.32 Å². The minimum absolute atomic E-state index is 0.357. The molecule has 0 aromatic rings. The van der Waals surface area contributed by atoms with E-state index in [2.05, 4.69) is 17.3 Å². The van der Waals surface area contributed by atoms with Crippen molar-refractivity contribution in [1.82, 2.24) is 10.2 Å². The van der Waals surface area contributed by atoms with Crippen LogP contribution in [0.1, 0.15) is 19.8 Å². The first-order chi connectivity index (χ1) is 5.68. The van der Waals surface area contributed by atoms with Crippen LogP contribution in [0.2, 0.25) is 0 Å². The van der Waals surface area contributed by atoms with Gasteiger partial charge in [-0.05, 0) is 45.8 Å². The Morgan fingerprint density at radius 1 is 1.50 bits per heavy atom. The highest BCUT2D eigenvalue weighted by molar-refractivity contribution is 4.71. The predicted molar refractivity (Wildman–Crippen MR) is 49.9 cm³/mol. The molecule has 1 saturated heterocycles. The smallest absolute Gasteiger partial charge is 0.102 e. The molecule has 1 unspecified atom stereocenters. The van der Waals surface area contributed by atoms with Crippen LogP contribution in [0.3, 0.4) is 0 Å². The van der Waals surface area contributed by atoms with Gasteiger partial charge < -0.3 is 10.0 Å². The number of hydrogen-bond acceptors (Lipinski definition) is 3. The maximum absolute atomic E-state index is 9.01. The summed E-state index contributed by atoms with van der Waals surface area (Å²) in [6, 6.07) is 0. The number of rotatable bonds is 3. The van der Waals surface area contributed by atoms with E-state index < -0.39 is 0 Å². The van der Waals surface area contributed by atoms with Gasteiger partial charge in [-0.2, -0.15) is 0 Å². The quantitative estimate of drug-likeness (QED) is 0.599. The van der Waals surface area contributed by atoms with Crippen LogP contribution < -0.4 is 5.32 Å². The van der Waals surface area contributed by atoms with Crippen LogP contribution in [0, 0.1) is 5.92 Å². The first-order valence-corrected chi connectivity index (χ1v) is 4.78. The van der Waals surface area contributed by atoms with Gasteiger partial charge in [0.25, 0.3) is 0 Å². The van der Waals surface area contributed by atoms with E-state index >= 15 is 0 Å². The van der Waals surface area contributed by atoms with Gasteiger partial charge in [0.15, 0.2) is 0 Å². The number of nitrogens with zero attached hydrogens (tertiary/aromatic N) is 1. The minimum Gasteiger partial charge on any atom is -0.379 e. The lowest BCUT2D eigenvalue weighted by molar-refractivity contribution is 0.137. The number of aliphatic hydroxyl groups is 1. The molecule has 72 valence electrons. The third kappa shape index (κ3) is 3.52. The molecule has 1 rings (SSSR count). The van der Waals surface area contributed by atoms with Crippen LogP contribution >= 0.6 is 0 Å². The zero-order valence-electron chi connectivity index (χ0n) is 8.08. The summed E-state index contributed by atoms with van der Waals surface area (Å²) in [7, 11) is 2.16. The molecular weight excluding hydrogens is 152 g/mol. The minimum atomic E-state index is -0.357. The Kier molecular flexibility index (Phi) is 3.98. The Morgan fingerprint density at radius 2 is 2.08 bits per heavy atom. The van der Waals surface area contributed by atoms with E-state index in [0.717, 1.165) is 12.5 Å². The van der Waals surface area contributed by atoms with Gasteiger partial charge >= 0.3 is 0 Å². The van der Waals surface area contributed by atoms with Crippen LogP contribution in [0.5, 0.6) is 0 Å². The number of nitrogens with one attached hydrogen (secondary N) is 1. The van der Waals surface area contributed by atoms with Gasteiger partial charge in [0, 0.05) is 6.54 Å². The Morgan fingerprint density at radius 3 is 2.58 bits per heavy atom. The summed E-state index contributed by atoms with van der Waals surface area (Å²) in [5, 5.41) is 12.1. The van der Waals surface area contributed by atoms with Crippen molar-refractivity contribution in [3.63, 3.8) is 0 Å². The summed E-state index contributed by atoms with van der Waals surface area (Å²) in [5.74, 6) is 0.760. The topological polar surface area (TPSA) is 35.5 Å². The lowest BCUT2D eigenvalue weighted by Crippen LogP contribution is -2.37. The Hall–Kier alpha value is -0.120. The molecule has 3 heteroatoms. The molecule has 0 radical (unpaired) electrons. The molecule has 0 aromatic heterocycles. The third-order valence-corrected chi connectivity index (χ3v) is 2.54. The second kappa shape index (κ2) is 4.80.